The number of rotatable bonds is 5. The predicted octanol–water partition coefficient (Wildman–Crippen LogP) is 2.49. The SMILES string of the molecule is O=P#CN(CC(=O)O)C(=O)COc1ccc(Cl)cc1Cl. The van der Waals surface area contributed by atoms with Gasteiger partial charge in [-0.25, -0.2) is 0 Å². The van der Waals surface area contributed by atoms with Gasteiger partial charge >= 0.3 is 125 Å². The van der Waals surface area contributed by atoms with Crippen LogP contribution in [0.15, 0.2) is 18.2 Å². The van der Waals surface area contributed by atoms with Gasteiger partial charge in [0.25, 0.3) is 0 Å². The maximum absolute atomic E-state index is 11.7. The molecule has 1 N–H and O–H groups in total. The van der Waals surface area contributed by atoms with Crippen LogP contribution in [-0.4, -0.2) is 35.0 Å². The Morgan fingerprint density at radius 3 is 2.65 bits per heavy atom. The Labute approximate surface area is 125 Å². The molecule has 0 saturated carbocycles. The molecule has 0 aliphatic rings. The molecule has 0 aromatic heterocycles. The first-order chi connectivity index (χ1) is 9.43. The van der Waals surface area contributed by atoms with Crippen molar-refractivity contribution in [1.29, 1.82) is 0 Å². The van der Waals surface area contributed by atoms with Crippen molar-refractivity contribution in [2.75, 3.05) is 13.2 Å². The van der Waals surface area contributed by atoms with Crippen LogP contribution in [-0.2, 0) is 14.2 Å². The Morgan fingerprint density at radius 1 is 1.40 bits per heavy atom. The van der Waals surface area contributed by atoms with E-state index in [9.17, 15) is 14.2 Å². The fourth-order valence-electron chi connectivity index (χ4n) is 1.17. The van der Waals surface area contributed by atoms with Gasteiger partial charge < -0.3 is 0 Å². The minimum atomic E-state index is -1.26. The molecular formula is C11H8Cl2NO5P. The number of benzene rings is 1. The number of halogens is 2. The second-order valence-electron chi connectivity index (χ2n) is 3.43. The monoisotopic (exact) mass is 335 g/mol. The van der Waals surface area contributed by atoms with E-state index in [1.165, 1.54) is 18.2 Å². The van der Waals surface area contributed by atoms with Crippen molar-refractivity contribution in [3.05, 3.63) is 28.2 Å². The van der Waals surface area contributed by atoms with Crippen molar-refractivity contribution in [3.63, 3.8) is 0 Å². The first kappa shape index (κ1) is 16.6. The van der Waals surface area contributed by atoms with Crippen LogP contribution in [0.2, 0.25) is 10.0 Å². The number of hydrogen-bond donors (Lipinski definition) is 1. The zero-order valence-corrected chi connectivity index (χ0v) is 12.3. The maximum atomic E-state index is 11.7. The number of amides is 1. The molecule has 0 saturated heterocycles. The van der Waals surface area contributed by atoms with Crippen LogP contribution in [0.3, 0.4) is 0 Å². The summed E-state index contributed by atoms with van der Waals surface area (Å²) in [5.74, 6) is 0.296. The molecule has 0 fully saturated rings. The van der Waals surface area contributed by atoms with Gasteiger partial charge in [0.15, 0.2) is 0 Å². The third-order valence-corrected chi connectivity index (χ3v) is 2.85. The average Bonchev–Trinajstić information content (AvgIpc) is 2.36. The quantitative estimate of drug-likeness (QED) is 0.660. The molecule has 0 atom stereocenters. The third kappa shape index (κ3) is 5.27. The standard InChI is InChI=1S/C11H8Cl2NO5P/c12-7-1-2-9(8(13)3-7)19-5-10(15)14(6-20-18)4-11(16)17/h1-3H,4-5H2,(H,16,17). The third-order valence-electron chi connectivity index (χ3n) is 2.00. The Bertz CT molecular complexity index is 631. The summed E-state index contributed by atoms with van der Waals surface area (Å²) >= 11 is 11.5. The van der Waals surface area contributed by atoms with Crippen molar-refractivity contribution < 1.29 is 24.0 Å². The van der Waals surface area contributed by atoms with Crippen molar-refractivity contribution >= 4 is 43.0 Å². The first-order valence-corrected chi connectivity index (χ1v) is 6.69. The number of carbonyl (C=O) groups is 2. The fourth-order valence-corrected chi connectivity index (χ4v) is 1.92. The second-order valence-corrected chi connectivity index (χ2v) is 4.65. The Balaban J connectivity index is 2.71. The van der Waals surface area contributed by atoms with E-state index in [1.807, 2.05) is 0 Å². The van der Waals surface area contributed by atoms with Crippen LogP contribution >= 0.6 is 31.1 Å². The molecule has 106 valence electrons. The molecule has 0 bridgehead atoms. The molecule has 9 heteroatoms. The molecule has 1 rings (SSSR count). The van der Waals surface area contributed by atoms with E-state index >= 15 is 0 Å². The molecule has 0 radical (unpaired) electrons. The molecule has 1 aromatic carbocycles. The average molecular weight is 336 g/mol. The van der Waals surface area contributed by atoms with E-state index in [1.54, 1.807) is 0 Å². The van der Waals surface area contributed by atoms with Gasteiger partial charge in [-0.1, -0.05) is 0 Å². The first-order valence-electron chi connectivity index (χ1n) is 5.12. The van der Waals surface area contributed by atoms with Gasteiger partial charge in [-0.3, -0.25) is 0 Å². The van der Waals surface area contributed by atoms with Gasteiger partial charge in [0.2, 0.25) is 0 Å². The van der Waals surface area contributed by atoms with E-state index in [0.717, 1.165) is 0 Å². The van der Waals surface area contributed by atoms with Gasteiger partial charge in [-0.05, 0) is 0 Å². The number of carbonyl (C=O) groups excluding carboxylic acids is 1. The van der Waals surface area contributed by atoms with Crippen molar-refractivity contribution in [2.24, 2.45) is 0 Å². The second kappa shape index (κ2) is 7.98. The van der Waals surface area contributed by atoms with Gasteiger partial charge in [-0.2, -0.15) is 0 Å². The van der Waals surface area contributed by atoms with Gasteiger partial charge in [0.05, 0.1) is 0 Å². The molecular weight excluding hydrogens is 328 g/mol. The molecule has 20 heavy (non-hydrogen) atoms. The van der Waals surface area contributed by atoms with Gasteiger partial charge in [0.1, 0.15) is 0 Å². The normalized spacial score (nSPS) is 9.50. The summed E-state index contributed by atoms with van der Waals surface area (Å²) in [7, 11) is -0.605. The number of carboxylic acids is 1. The molecule has 0 aliphatic heterocycles. The van der Waals surface area contributed by atoms with E-state index in [4.69, 9.17) is 33.0 Å². The zero-order valence-electron chi connectivity index (χ0n) is 9.88. The number of ether oxygens (including phenoxy) is 1. The van der Waals surface area contributed by atoms with Crippen LogP contribution in [0.5, 0.6) is 5.75 Å². The molecule has 0 unspecified atom stereocenters. The summed E-state index contributed by atoms with van der Waals surface area (Å²) < 4.78 is 15.5. The van der Waals surface area contributed by atoms with Crippen molar-refractivity contribution in [2.45, 2.75) is 0 Å². The van der Waals surface area contributed by atoms with Gasteiger partial charge in [-0.15, -0.1) is 0 Å². The van der Waals surface area contributed by atoms with Crippen LogP contribution in [0.25, 0.3) is 0 Å². The summed E-state index contributed by atoms with van der Waals surface area (Å²) in [4.78, 5) is 22.9. The molecule has 0 aliphatic carbocycles. The molecule has 1 aromatic rings. The summed E-state index contributed by atoms with van der Waals surface area (Å²) in [6.45, 7) is -1.14. The fraction of sp³-hybridized carbons (Fsp3) is 0.182. The molecule has 1 amide bonds. The van der Waals surface area contributed by atoms with E-state index in [-0.39, 0.29) is 10.8 Å². The van der Waals surface area contributed by atoms with Crippen molar-refractivity contribution in [1.82, 2.24) is 4.90 Å². The predicted molar refractivity (Wildman–Crippen MR) is 72.8 cm³/mol. The van der Waals surface area contributed by atoms with E-state index < -0.39 is 32.9 Å². The Hall–Kier alpha value is -1.45. The van der Waals surface area contributed by atoms with Crippen LogP contribution in [0, 0.1) is 5.75 Å². The topological polar surface area (TPSA) is 83.9 Å². The van der Waals surface area contributed by atoms with E-state index in [2.05, 4.69) is 5.75 Å². The van der Waals surface area contributed by atoms with Crippen LogP contribution in [0.1, 0.15) is 0 Å². The van der Waals surface area contributed by atoms with Crippen LogP contribution in [0.4, 0.5) is 0 Å². The summed E-state index contributed by atoms with van der Waals surface area (Å²) in [5.41, 5.74) is 0. The van der Waals surface area contributed by atoms with Crippen molar-refractivity contribution in [3.8, 4) is 11.5 Å². The molecule has 6 nitrogen and oxygen atoms in total. The van der Waals surface area contributed by atoms with E-state index in [0.29, 0.717) is 9.92 Å². The van der Waals surface area contributed by atoms with Crippen LogP contribution < -0.4 is 4.74 Å². The Morgan fingerprint density at radius 2 is 2.10 bits per heavy atom. The zero-order chi connectivity index (χ0) is 15.1. The molecule has 0 spiro atoms. The summed E-state index contributed by atoms with van der Waals surface area (Å²) in [6.07, 6.45) is 0. The minimum absolute atomic E-state index is 0.213. The number of aliphatic carboxylic acids is 1. The Kier molecular flexibility index (Phi) is 6.62. The number of carboxylic acid groups (broad SMARTS) is 1. The summed E-state index contributed by atoms with van der Waals surface area (Å²) in [5, 5.41) is 9.23. The number of nitrogens with zero attached hydrogens (tertiary/aromatic N) is 1. The van der Waals surface area contributed by atoms with Gasteiger partial charge in [0, 0.05) is 0 Å². The summed E-state index contributed by atoms with van der Waals surface area (Å²) in [6, 6.07) is 4.43. The number of hydrogen-bond acceptors (Lipinski definition) is 4. The molecule has 0 heterocycles.